The molecule has 1 aliphatic heterocycles. The lowest BCUT2D eigenvalue weighted by atomic mass is 9.98. The molecule has 5 aromatic rings. The van der Waals surface area contributed by atoms with Gasteiger partial charge in [0.2, 0.25) is 0 Å². The number of hydrogen-bond donors (Lipinski definition) is 0. The summed E-state index contributed by atoms with van der Waals surface area (Å²) in [4.78, 5) is 23.0. The highest BCUT2D eigenvalue weighted by Gasteiger charge is 2.29. The molecule has 0 radical (unpaired) electrons. The number of amides is 1. The van der Waals surface area contributed by atoms with E-state index in [9.17, 15) is 4.79 Å². The number of nitrogens with zero attached hydrogens (tertiary/aromatic N) is 5. The van der Waals surface area contributed by atoms with Crippen LogP contribution in [0.25, 0.3) is 11.1 Å². The number of carbonyl (C=O) groups is 1. The van der Waals surface area contributed by atoms with Gasteiger partial charge in [0.15, 0.2) is 0 Å². The molecule has 224 valence electrons. The first kappa shape index (κ1) is 32.5. The summed E-state index contributed by atoms with van der Waals surface area (Å²) in [6, 6.07) is 38.7. The topological polar surface area (TPSA) is 65.2 Å². The first-order valence-corrected chi connectivity index (χ1v) is 14.4. The van der Waals surface area contributed by atoms with Crippen LogP contribution in [0.5, 0.6) is 0 Å². The average molecular weight is 625 g/mol. The van der Waals surface area contributed by atoms with Gasteiger partial charge in [-0.15, -0.1) is 24.8 Å². The zero-order valence-electron chi connectivity index (χ0n) is 24.3. The van der Waals surface area contributed by atoms with E-state index in [0.29, 0.717) is 25.2 Å². The lowest BCUT2D eigenvalue weighted by Gasteiger charge is -2.30. The molecule has 0 spiro atoms. The molecular weight excluding hydrogens is 589 g/mol. The van der Waals surface area contributed by atoms with E-state index in [4.69, 9.17) is 5.26 Å². The fraction of sp³-hybridized carbons (Fsp3) is 0.194. The SMILES string of the molecule is Cl.Cl.N#Cc1ccc(Cn2cncc2CN2CCN(C(=O)c3ccccc3-c3ccccc3)CCC2c2ccccc2)cc1. The summed E-state index contributed by atoms with van der Waals surface area (Å²) >= 11 is 0. The standard InChI is InChI=1S/C36H33N5O.2ClH/c37-23-28-15-17-29(18-16-28)25-41-27-38-24-32(41)26-40-22-21-39(20-19-35(40)31-11-5-2-6-12-31)36(42)34-14-8-7-13-33(34)30-9-3-1-4-10-30;;/h1-18,24,27,35H,19-22,25-26H2;2*1H. The summed E-state index contributed by atoms with van der Waals surface area (Å²) in [7, 11) is 0. The highest BCUT2D eigenvalue weighted by Crippen LogP contribution is 2.30. The van der Waals surface area contributed by atoms with Crippen molar-refractivity contribution < 1.29 is 4.79 Å². The van der Waals surface area contributed by atoms with E-state index in [1.54, 1.807) is 0 Å². The summed E-state index contributed by atoms with van der Waals surface area (Å²) in [6.45, 7) is 3.49. The Hall–Kier alpha value is -4.41. The predicted molar refractivity (Wildman–Crippen MR) is 179 cm³/mol. The van der Waals surface area contributed by atoms with Crippen LogP contribution in [0, 0.1) is 11.3 Å². The van der Waals surface area contributed by atoms with Gasteiger partial charge in [0, 0.05) is 50.5 Å². The van der Waals surface area contributed by atoms with E-state index in [0.717, 1.165) is 47.5 Å². The van der Waals surface area contributed by atoms with Gasteiger partial charge in [-0.2, -0.15) is 5.26 Å². The third-order valence-electron chi connectivity index (χ3n) is 8.08. The maximum Gasteiger partial charge on any atom is 0.254 e. The van der Waals surface area contributed by atoms with E-state index in [2.05, 4.69) is 56.9 Å². The minimum absolute atomic E-state index is 0. The molecule has 0 saturated carbocycles. The number of rotatable bonds is 7. The molecular formula is C36H35Cl2N5O. The highest BCUT2D eigenvalue weighted by molar-refractivity contribution is 6.00. The molecule has 0 aliphatic carbocycles. The average Bonchev–Trinajstić information content (AvgIpc) is 3.37. The Kier molecular flexibility index (Phi) is 11.3. The molecule has 1 unspecified atom stereocenters. The van der Waals surface area contributed by atoms with E-state index in [1.165, 1.54) is 5.56 Å². The first-order chi connectivity index (χ1) is 20.7. The number of nitriles is 1. The molecule has 4 aromatic carbocycles. The molecule has 1 fully saturated rings. The van der Waals surface area contributed by atoms with Crippen molar-refractivity contribution in [1.29, 1.82) is 5.26 Å². The minimum Gasteiger partial charge on any atom is -0.337 e. The van der Waals surface area contributed by atoms with Gasteiger partial charge in [-0.25, -0.2) is 4.98 Å². The van der Waals surface area contributed by atoms with E-state index in [-0.39, 0.29) is 36.8 Å². The van der Waals surface area contributed by atoms with Crippen molar-refractivity contribution in [3.05, 3.63) is 150 Å². The van der Waals surface area contributed by atoms with Gasteiger partial charge in [-0.1, -0.05) is 91.0 Å². The molecule has 1 amide bonds. The Morgan fingerprint density at radius 2 is 1.48 bits per heavy atom. The number of benzene rings is 4. The minimum atomic E-state index is 0. The second-order valence-corrected chi connectivity index (χ2v) is 10.7. The van der Waals surface area contributed by atoms with Gasteiger partial charge < -0.3 is 9.47 Å². The van der Waals surface area contributed by atoms with Gasteiger partial charge in [0.1, 0.15) is 0 Å². The zero-order valence-corrected chi connectivity index (χ0v) is 26.0. The normalized spacial score (nSPS) is 14.9. The van der Waals surface area contributed by atoms with Gasteiger partial charge >= 0.3 is 0 Å². The van der Waals surface area contributed by atoms with Crippen molar-refractivity contribution >= 4 is 30.7 Å². The van der Waals surface area contributed by atoms with Crippen LogP contribution in [-0.2, 0) is 13.1 Å². The van der Waals surface area contributed by atoms with Crippen LogP contribution in [0.4, 0.5) is 0 Å². The Morgan fingerprint density at radius 1 is 0.795 bits per heavy atom. The van der Waals surface area contributed by atoms with Crippen LogP contribution >= 0.6 is 24.8 Å². The summed E-state index contributed by atoms with van der Waals surface area (Å²) in [5.41, 5.74) is 6.92. The molecule has 2 heterocycles. The van der Waals surface area contributed by atoms with E-state index < -0.39 is 0 Å². The third-order valence-corrected chi connectivity index (χ3v) is 8.08. The quantitative estimate of drug-likeness (QED) is 0.189. The van der Waals surface area contributed by atoms with Crippen molar-refractivity contribution in [2.45, 2.75) is 25.6 Å². The number of halogens is 2. The largest absolute Gasteiger partial charge is 0.337 e. The van der Waals surface area contributed by atoms with Gasteiger partial charge in [0.05, 0.1) is 23.7 Å². The van der Waals surface area contributed by atoms with Crippen molar-refractivity contribution in [2.75, 3.05) is 19.6 Å². The molecule has 1 aromatic heterocycles. The van der Waals surface area contributed by atoms with Gasteiger partial charge in [-0.05, 0) is 46.9 Å². The lowest BCUT2D eigenvalue weighted by Crippen LogP contribution is -2.35. The van der Waals surface area contributed by atoms with Crippen molar-refractivity contribution in [2.24, 2.45) is 0 Å². The summed E-state index contributed by atoms with van der Waals surface area (Å²) in [5, 5.41) is 9.14. The molecule has 6 rings (SSSR count). The number of hydrogen-bond acceptors (Lipinski definition) is 4. The third kappa shape index (κ3) is 7.38. The van der Waals surface area contributed by atoms with Crippen molar-refractivity contribution in [3.63, 3.8) is 0 Å². The summed E-state index contributed by atoms with van der Waals surface area (Å²) in [5.74, 6) is 0.0778. The highest BCUT2D eigenvalue weighted by atomic mass is 35.5. The molecule has 6 nitrogen and oxygen atoms in total. The van der Waals surface area contributed by atoms with Crippen LogP contribution < -0.4 is 0 Å². The second kappa shape index (κ2) is 15.4. The first-order valence-electron chi connectivity index (χ1n) is 14.4. The van der Waals surface area contributed by atoms with Crippen molar-refractivity contribution in [3.8, 4) is 17.2 Å². The van der Waals surface area contributed by atoms with Crippen LogP contribution in [0.3, 0.4) is 0 Å². The Bertz CT molecular complexity index is 1680. The van der Waals surface area contributed by atoms with Gasteiger partial charge in [-0.3, -0.25) is 9.69 Å². The molecule has 1 atom stereocenters. The molecule has 1 saturated heterocycles. The van der Waals surface area contributed by atoms with Crippen molar-refractivity contribution in [1.82, 2.24) is 19.4 Å². The zero-order chi connectivity index (χ0) is 28.7. The maximum atomic E-state index is 14.0. The fourth-order valence-corrected chi connectivity index (χ4v) is 5.84. The molecule has 0 bridgehead atoms. The van der Waals surface area contributed by atoms with E-state index in [1.807, 2.05) is 90.2 Å². The number of imidazole rings is 1. The smallest absolute Gasteiger partial charge is 0.254 e. The van der Waals surface area contributed by atoms with Crippen LogP contribution in [0.2, 0.25) is 0 Å². The molecule has 1 aliphatic rings. The monoisotopic (exact) mass is 623 g/mol. The predicted octanol–water partition coefficient (Wildman–Crippen LogP) is 7.40. The molecule has 0 N–H and O–H groups in total. The van der Waals surface area contributed by atoms with Crippen LogP contribution in [0.15, 0.2) is 122 Å². The molecule has 44 heavy (non-hydrogen) atoms. The maximum absolute atomic E-state index is 14.0. The Balaban J connectivity index is 0.00000221. The second-order valence-electron chi connectivity index (χ2n) is 10.7. The van der Waals surface area contributed by atoms with E-state index >= 15 is 0 Å². The fourth-order valence-electron chi connectivity index (χ4n) is 5.84. The van der Waals surface area contributed by atoms with Crippen LogP contribution in [-0.4, -0.2) is 44.9 Å². The Labute approximate surface area is 271 Å². The summed E-state index contributed by atoms with van der Waals surface area (Å²) < 4.78 is 2.17. The van der Waals surface area contributed by atoms with Gasteiger partial charge in [0.25, 0.3) is 5.91 Å². The Morgan fingerprint density at radius 3 is 2.20 bits per heavy atom. The van der Waals surface area contributed by atoms with Crippen LogP contribution in [0.1, 0.15) is 45.2 Å². The molecule has 8 heteroatoms. The number of carbonyl (C=O) groups excluding carboxylic acids is 1. The lowest BCUT2D eigenvalue weighted by molar-refractivity contribution is 0.0761. The summed E-state index contributed by atoms with van der Waals surface area (Å²) in [6.07, 6.45) is 4.65. The number of aromatic nitrogens is 2.